The summed E-state index contributed by atoms with van der Waals surface area (Å²) in [5, 5.41) is 3.17. The molecule has 2 amide bonds. The second-order valence-electron chi connectivity index (χ2n) is 9.16. The van der Waals surface area contributed by atoms with Gasteiger partial charge in [-0.05, 0) is 37.1 Å². The van der Waals surface area contributed by atoms with Gasteiger partial charge >= 0.3 is 0 Å². The molecule has 1 N–H and O–H groups in total. The van der Waals surface area contributed by atoms with Crippen LogP contribution in [0.2, 0.25) is 0 Å². The predicted octanol–water partition coefficient (Wildman–Crippen LogP) is 2.80. The monoisotopic (exact) mass is 419 g/mol. The first-order chi connectivity index (χ1) is 15.1. The van der Waals surface area contributed by atoms with Gasteiger partial charge in [-0.2, -0.15) is 0 Å². The fraction of sp³-hybridized carbons (Fsp3) is 0.440. The number of para-hydroxylation sites is 2. The van der Waals surface area contributed by atoms with E-state index in [1.165, 1.54) is 5.69 Å². The number of benzene rings is 2. The smallest absolute Gasteiger partial charge is 0.257 e. The zero-order chi connectivity index (χ0) is 21.4. The van der Waals surface area contributed by atoms with Gasteiger partial charge in [-0.25, -0.2) is 0 Å². The Kier molecular flexibility index (Phi) is 5.08. The van der Waals surface area contributed by atoms with E-state index in [0.717, 1.165) is 25.9 Å². The number of likely N-dealkylation sites (tertiary alicyclic amines) is 1. The third kappa shape index (κ3) is 3.75. The minimum atomic E-state index is 0.00431. The Labute approximate surface area is 183 Å². The Bertz CT molecular complexity index is 967. The van der Waals surface area contributed by atoms with E-state index in [2.05, 4.69) is 34.5 Å². The minimum Gasteiger partial charge on any atom is -0.496 e. The van der Waals surface area contributed by atoms with Gasteiger partial charge in [0, 0.05) is 55.7 Å². The lowest BCUT2D eigenvalue weighted by Gasteiger charge is -2.52. The molecule has 2 aliphatic heterocycles. The van der Waals surface area contributed by atoms with Crippen molar-refractivity contribution in [3.63, 3.8) is 0 Å². The molecule has 31 heavy (non-hydrogen) atoms. The molecule has 2 heterocycles. The summed E-state index contributed by atoms with van der Waals surface area (Å²) in [6.07, 6.45) is 2.00. The maximum Gasteiger partial charge on any atom is 0.257 e. The van der Waals surface area contributed by atoms with E-state index in [0.29, 0.717) is 30.9 Å². The summed E-state index contributed by atoms with van der Waals surface area (Å²) in [6.45, 7) is 3.79. The lowest BCUT2D eigenvalue weighted by molar-refractivity contribution is -0.122. The van der Waals surface area contributed by atoms with Crippen molar-refractivity contribution in [3.8, 4) is 5.75 Å². The van der Waals surface area contributed by atoms with E-state index < -0.39 is 0 Å². The average Bonchev–Trinajstić information content (AvgIpc) is 3.57. The Morgan fingerprint density at radius 3 is 2.45 bits per heavy atom. The van der Waals surface area contributed by atoms with E-state index in [4.69, 9.17) is 4.74 Å². The molecule has 0 aromatic heterocycles. The lowest BCUT2D eigenvalue weighted by Crippen LogP contribution is -2.62. The molecule has 6 heteroatoms. The molecule has 6 nitrogen and oxygen atoms in total. The second-order valence-corrected chi connectivity index (χ2v) is 9.16. The van der Waals surface area contributed by atoms with E-state index in [9.17, 15) is 9.59 Å². The predicted molar refractivity (Wildman–Crippen MR) is 119 cm³/mol. The van der Waals surface area contributed by atoms with Gasteiger partial charge in [-0.1, -0.05) is 30.3 Å². The van der Waals surface area contributed by atoms with Gasteiger partial charge in [0.15, 0.2) is 0 Å². The van der Waals surface area contributed by atoms with Crippen LogP contribution in [0.5, 0.6) is 5.75 Å². The van der Waals surface area contributed by atoms with Crippen molar-refractivity contribution >= 4 is 17.5 Å². The maximum absolute atomic E-state index is 13.4. The third-order valence-corrected chi connectivity index (χ3v) is 7.04. The van der Waals surface area contributed by atoms with Gasteiger partial charge in [-0.15, -0.1) is 0 Å². The van der Waals surface area contributed by atoms with Crippen LogP contribution in [-0.2, 0) is 4.79 Å². The Balaban J connectivity index is 1.33. The molecule has 0 bridgehead atoms. The summed E-state index contributed by atoms with van der Waals surface area (Å²) < 4.78 is 5.42. The summed E-state index contributed by atoms with van der Waals surface area (Å²) in [4.78, 5) is 29.9. The molecule has 1 spiro atoms. The van der Waals surface area contributed by atoms with Gasteiger partial charge in [0.25, 0.3) is 5.91 Å². The van der Waals surface area contributed by atoms with Crippen molar-refractivity contribution in [2.75, 3.05) is 44.7 Å². The number of hydrogen-bond donors (Lipinski definition) is 1. The lowest BCUT2D eigenvalue weighted by atomic mass is 9.71. The van der Waals surface area contributed by atoms with Crippen LogP contribution in [0.1, 0.15) is 23.2 Å². The molecule has 3 aliphatic rings. The van der Waals surface area contributed by atoms with Crippen molar-refractivity contribution in [2.24, 2.45) is 17.3 Å². The Morgan fingerprint density at radius 1 is 1.03 bits per heavy atom. The quantitative estimate of drug-likeness (QED) is 0.782. The standard InChI is InChI=1S/C25H29N3O3/c1-31-22-10-6-5-9-21(22)24(30)27-14-19(13-26-23(29)18-11-12-18)25(15-27)16-28(17-25)20-7-3-2-4-8-20/h2-10,18-19H,11-17H2,1H3,(H,26,29). The molecule has 2 aromatic rings. The molecule has 2 saturated heterocycles. The van der Waals surface area contributed by atoms with Crippen molar-refractivity contribution in [3.05, 3.63) is 60.2 Å². The number of ether oxygens (including phenoxy) is 1. The van der Waals surface area contributed by atoms with Crippen LogP contribution < -0.4 is 15.0 Å². The van der Waals surface area contributed by atoms with Crippen molar-refractivity contribution in [2.45, 2.75) is 12.8 Å². The summed E-state index contributed by atoms with van der Waals surface area (Å²) in [7, 11) is 1.59. The fourth-order valence-corrected chi connectivity index (χ4v) is 5.07. The molecule has 1 unspecified atom stereocenters. The Morgan fingerprint density at radius 2 is 1.74 bits per heavy atom. The molecule has 1 aliphatic carbocycles. The molecule has 162 valence electrons. The van der Waals surface area contributed by atoms with Crippen LogP contribution in [-0.4, -0.2) is 56.5 Å². The van der Waals surface area contributed by atoms with E-state index in [1.54, 1.807) is 7.11 Å². The minimum absolute atomic E-state index is 0.00431. The summed E-state index contributed by atoms with van der Waals surface area (Å²) in [6, 6.07) is 17.8. The molecule has 0 radical (unpaired) electrons. The van der Waals surface area contributed by atoms with Crippen LogP contribution in [0.25, 0.3) is 0 Å². The van der Waals surface area contributed by atoms with Gasteiger partial charge in [0.2, 0.25) is 5.91 Å². The van der Waals surface area contributed by atoms with Crippen LogP contribution in [0, 0.1) is 17.3 Å². The van der Waals surface area contributed by atoms with E-state index >= 15 is 0 Å². The van der Waals surface area contributed by atoms with E-state index in [1.807, 2.05) is 35.2 Å². The topological polar surface area (TPSA) is 61.9 Å². The number of carbonyl (C=O) groups is 2. The Hall–Kier alpha value is -3.02. The van der Waals surface area contributed by atoms with Gasteiger partial charge in [0.05, 0.1) is 12.7 Å². The van der Waals surface area contributed by atoms with Crippen LogP contribution in [0.15, 0.2) is 54.6 Å². The van der Waals surface area contributed by atoms with Gasteiger partial charge in [-0.3, -0.25) is 9.59 Å². The first-order valence-electron chi connectivity index (χ1n) is 11.1. The van der Waals surface area contributed by atoms with Crippen LogP contribution in [0.3, 0.4) is 0 Å². The van der Waals surface area contributed by atoms with Crippen LogP contribution in [0.4, 0.5) is 5.69 Å². The zero-order valence-electron chi connectivity index (χ0n) is 17.9. The summed E-state index contributed by atoms with van der Waals surface area (Å²) in [5.74, 6) is 1.22. The van der Waals surface area contributed by atoms with Crippen molar-refractivity contribution < 1.29 is 14.3 Å². The molecule has 5 rings (SSSR count). The normalized spacial score (nSPS) is 21.6. The summed E-state index contributed by atoms with van der Waals surface area (Å²) >= 11 is 0. The summed E-state index contributed by atoms with van der Waals surface area (Å²) in [5.41, 5.74) is 1.81. The molecular weight excluding hydrogens is 390 g/mol. The first-order valence-corrected chi connectivity index (χ1v) is 11.1. The number of amides is 2. The number of nitrogens with one attached hydrogen (secondary N) is 1. The van der Waals surface area contributed by atoms with Gasteiger partial charge < -0.3 is 19.9 Å². The number of carbonyl (C=O) groups excluding carboxylic acids is 2. The highest BCUT2D eigenvalue weighted by Gasteiger charge is 2.55. The molecule has 1 atom stereocenters. The highest BCUT2D eigenvalue weighted by atomic mass is 16.5. The zero-order valence-corrected chi connectivity index (χ0v) is 17.9. The molecular formula is C25H29N3O3. The van der Waals surface area contributed by atoms with Gasteiger partial charge in [0.1, 0.15) is 5.75 Å². The van der Waals surface area contributed by atoms with E-state index in [-0.39, 0.29) is 29.1 Å². The average molecular weight is 420 g/mol. The number of methoxy groups -OCH3 is 1. The first kappa shape index (κ1) is 19.9. The molecule has 3 fully saturated rings. The second kappa shape index (κ2) is 7.91. The third-order valence-electron chi connectivity index (χ3n) is 7.04. The SMILES string of the molecule is COc1ccccc1C(=O)N1CC(CNC(=O)C2CC2)C2(C1)CN(c1ccccc1)C2. The number of nitrogens with zero attached hydrogens (tertiary/aromatic N) is 2. The van der Waals surface area contributed by atoms with Crippen molar-refractivity contribution in [1.29, 1.82) is 0 Å². The number of rotatable bonds is 6. The molecule has 2 aromatic carbocycles. The van der Waals surface area contributed by atoms with Crippen LogP contribution >= 0.6 is 0 Å². The number of anilines is 1. The highest BCUT2D eigenvalue weighted by Crippen LogP contribution is 2.46. The molecule has 1 saturated carbocycles. The maximum atomic E-state index is 13.4. The number of hydrogen-bond acceptors (Lipinski definition) is 4. The van der Waals surface area contributed by atoms with Crippen molar-refractivity contribution in [1.82, 2.24) is 10.2 Å². The highest BCUT2D eigenvalue weighted by molar-refractivity contribution is 5.97. The largest absolute Gasteiger partial charge is 0.496 e. The fourth-order valence-electron chi connectivity index (χ4n) is 5.07.